The highest BCUT2D eigenvalue weighted by molar-refractivity contribution is 5.93. The molecule has 39 heavy (non-hydrogen) atoms. The van der Waals surface area contributed by atoms with Gasteiger partial charge in [0.05, 0.1) is 52.6 Å². The Bertz CT molecular complexity index is 1630. The Morgan fingerprint density at radius 3 is 1.56 bits per heavy atom. The Morgan fingerprint density at radius 2 is 1.18 bits per heavy atom. The Kier molecular flexibility index (Phi) is 6.45. The first kappa shape index (κ1) is 25.1. The van der Waals surface area contributed by atoms with Crippen molar-refractivity contribution in [2.45, 2.75) is 26.4 Å². The maximum absolute atomic E-state index is 13.0. The van der Waals surface area contributed by atoms with Crippen LogP contribution in [-0.2, 0) is 4.74 Å². The molecular weight excluding hydrogens is 492 g/mol. The lowest BCUT2D eigenvalue weighted by Gasteiger charge is -2.19. The van der Waals surface area contributed by atoms with E-state index >= 15 is 0 Å². The second kappa shape index (κ2) is 10.0. The molecule has 0 radical (unpaired) electrons. The fourth-order valence-corrected chi connectivity index (χ4v) is 3.80. The molecule has 0 bridgehead atoms. The van der Waals surface area contributed by atoms with Gasteiger partial charge < -0.3 is 4.74 Å². The van der Waals surface area contributed by atoms with Crippen molar-refractivity contribution >= 4 is 5.97 Å². The van der Waals surface area contributed by atoms with Gasteiger partial charge in [-0.15, -0.1) is 10.2 Å². The average Bonchev–Trinajstić information content (AvgIpc) is 3.63. The number of hydrogen-bond donors (Lipinski definition) is 0. The van der Waals surface area contributed by atoms with Crippen molar-refractivity contribution in [3.8, 4) is 46.0 Å². The number of aromatic nitrogens is 6. The zero-order chi connectivity index (χ0) is 27.6. The number of ether oxygens (including phenoxy) is 1. The third-order valence-corrected chi connectivity index (χ3v) is 5.67. The molecule has 0 aliphatic rings. The first-order valence-corrected chi connectivity index (χ1v) is 12.0. The summed E-state index contributed by atoms with van der Waals surface area (Å²) in [5.74, 6) is -0.482. The second-order valence-corrected chi connectivity index (χ2v) is 9.71. The lowest BCUT2D eigenvalue weighted by Crippen LogP contribution is -2.23. The molecule has 5 rings (SSSR count). The van der Waals surface area contributed by atoms with Gasteiger partial charge in [-0.3, -0.25) is 0 Å². The second-order valence-electron chi connectivity index (χ2n) is 9.71. The molecule has 3 aromatic carbocycles. The molecule has 10 heteroatoms. The van der Waals surface area contributed by atoms with Crippen LogP contribution in [-0.4, -0.2) is 41.6 Å². The van der Waals surface area contributed by atoms with Gasteiger partial charge in [-0.25, -0.2) is 14.2 Å². The molecule has 0 saturated carbocycles. The van der Waals surface area contributed by atoms with Gasteiger partial charge >= 0.3 is 5.97 Å². The van der Waals surface area contributed by atoms with E-state index in [1.807, 2.05) is 26.8 Å². The van der Waals surface area contributed by atoms with E-state index in [1.54, 1.807) is 82.4 Å². The third kappa shape index (κ3) is 5.55. The molecule has 0 spiro atoms. The highest BCUT2D eigenvalue weighted by Gasteiger charge is 2.21. The summed E-state index contributed by atoms with van der Waals surface area (Å²) < 4.78 is 8.81. The number of nitriles is 2. The van der Waals surface area contributed by atoms with Crippen molar-refractivity contribution in [3.63, 3.8) is 0 Å². The molecule has 0 unspecified atom stereocenters. The molecule has 0 amide bonds. The molecule has 0 aliphatic carbocycles. The number of hydrogen-bond acceptors (Lipinski definition) is 8. The molecule has 5 aromatic rings. The van der Waals surface area contributed by atoms with Crippen molar-refractivity contribution in [2.24, 2.45) is 0 Å². The summed E-state index contributed by atoms with van der Waals surface area (Å²) in [7, 11) is 0. The first-order valence-electron chi connectivity index (χ1n) is 12.0. The van der Waals surface area contributed by atoms with Crippen molar-refractivity contribution in [1.82, 2.24) is 30.0 Å². The van der Waals surface area contributed by atoms with Crippen LogP contribution in [0.4, 0.5) is 0 Å². The highest BCUT2D eigenvalue weighted by Crippen LogP contribution is 2.28. The normalized spacial score (nSPS) is 11.0. The maximum atomic E-state index is 13.0. The Balaban J connectivity index is 1.54. The van der Waals surface area contributed by atoms with Crippen molar-refractivity contribution in [1.29, 1.82) is 10.5 Å². The fraction of sp³-hybridized carbons (Fsp3) is 0.138. The number of carbonyl (C=O) groups excluding carboxylic acids is 1. The van der Waals surface area contributed by atoms with Gasteiger partial charge in [-0.2, -0.15) is 10.5 Å². The molecular formula is C29H22N8O2. The van der Waals surface area contributed by atoms with Gasteiger partial charge in [-0.1, -0.05) is 10.4 Å². The molecule has 0 atom stereocenters. The van der Waals surface area contributed by atoms with E-state index in [1.165, 1.54) is 0 Å². The standard InChI is InChI=1S/C29H22N8O2/c1-29(2,3)39-28(38)23-13-21(26-17-36(34-32-26)24-8-4-19(15-30)5-9-24)12-22(14-23)27-18-37(35-33-27)25-10-6-20(16-31)7-11-25/h4-14,17-18H,1-3H3. The van der Waals surface area contributed by atoms with Crippen LogP contribution in [0.3, 0.4) is 0 Å². The van der Waals surface area contributed by atoms with Crippen molar-refractivity contribution < 1.29 is 9.53 Å². The van der Waals surface area contributed by atoms with Crippen LogP contribution in [0.15, 0.2) is 79.1 Å². The van der Waals surface area contributed by atoms with E-state index < -0.39 is 11.6 Å². The van der Waals surface area contributed by atoms with Crippen LogP contribution < -0.4 is 0 Å². The Labute approximate surface area is 224 Å². The quantitative estimate of drug-likeness (QED) is 0.303. The molecule has 190 valence electrons. The molecule has 2 heterocycles. The van der Waals surface area contributed by atoms with Crippen molar-refractivity contribution in [3.05, 3.63) is 95.8 Å². The van der Waals surface area contributed by atoms with Gasteiger partial charge in [0.25, 0.3) is 0 Å². The summed E-state index contributed by atoms with van der Waals surface area (Å²) in [4.78, 5) is 13.0. The summed E-state index contributed by atoms with van der Waals surface area (Å²) >= 11 is 0. The maximum Gasteiger partial charge on any atom is 0.338 e. The van der Waals surface area contributed by atoms with Gasteiger partial charge in [0.1, 0.15) is 17.0 Å². The molecule has 0 fully saturated rings. The summed E-state index contributed by atoms with van der Waals surface area (Å²) in [6.45, 7) is 5.42. The predicted molar refractivity (Wildman–Crippen MR) is 142 cm³/mol. The summed E-state index contributed by atoms with van der Waals surface area (Å²) in [6, 6.07) is 23.4. The summed E-state index contributed by atoms with van der Waals surface area (Å²) in [5.41, 5.74) is 4.57. The lowest BCUT2D eigenvalue weighted by atomic mass is 10.0. The highest BCUT2D eigenvalue weighted by atomic mass is 16.6. The minimum Gasteiger partial charge on any atom is -0.456 e. The van der Waals surface area contributed by atoms with Crippen LogP contribution >= 0.6 is 0 Å². The Morgan fingerprint density at radius 1 is 0.744 bits per heavy atom. The molecule has 0 saturated heterocycles. The van der Waals surface area contributed by atoms with Crippen LogP contribution in [0.25, 0.3) is 33.9 Å². The lowest BCUT2D eigenvalue weighted by molar-refractivity contribution is 0.00696. The molecule has 2 aromatic heterocycles. The van der Waals surface area contributed by atoms with Gasteiger partial charge in [-0.05, 0) is 87.5 Å². The fourth-order valence-electron chi connectivity index (χ4n) is 3.80. The van der Waals surface area contributed by atoms with Crippen LogP contribution in [0.1, 0.15) is 42.3 Å². The molecule has 0 N–H and O–H groups in total. The largest absolute Gasteiger partial charge is 0.456 e. The molecule has 0 aliphatic heterocycles. The number of rotatable bonds is 5. The predicted octanol–water partition coefficient (Wildman–Crippen LogP) is 4.88. The number of benzene rings is 3. The monoisotopic (exact) mass is 514 g/mol. The summed E-state index contributed by atoms with van der Waals surface area (Å²) in [6.07, 6.45) is 3.49. The number of carbonyl (C=O) groups is 1. The SMILES string of the molecule is CC(C)(C)OC(=O)c1cc(-c2cn(-c3ccc(C#N)cc3)nn2)cc(-c2cn(-c3ccc(C#N)cc3)nn2)c1. The van der Waals surface area contributed by atoms with E-state index in [0.717, 1.165) is 11.4 Å². The zero-order valence-corrected chi connectivity index (χ0v) is 21.4. The minimum atomic E-state index is -0.676. The molecule has 10 nitrogen and oxygen atoms in total. The number of nitrogens with zero attached hydrogens (tertiary/aromatic N) is 8. The van der Waals surface area contributed by atoms with Gasteiger partial charge in [0.2, 0.25) is 0 Å². The zero-order valence-electron chi connectivity index (χ0n) is 21.4. The minimum absolute atomic E-state index is 0.332. The third-order valence-electron chi connectivity index (χ3n) is 5.67. The van der Waals surface area contributed by atoms with E-state index in [0.29, 0.717) is 39.2 Å². The van der Waals surface area contributed by atoms with E-state index in [4.69, 9.17) is 15.3 Å². The van der Waals surface area contributed by atoms with Crippen LogP contribution in [0, 0.1) is 22.7 Å². The van der Waals surface area contributed by atoms with E-state index in [-0.39, 0.29) is 0 Å². The van der Waals surface area contributed by atoms with Crippen molar-refractivity contribution in [2.75, 3.05) is 0 Å². The van der Waals surface area contributed by atoms with Gasteiger partial charge in [0.15, 0.2) is 0 Å². The van der Waals surface area contributed by atoms with E-state index in [9.17, 15) is 4.79 Å². The smallest absolute Gasteiger partial charge is 0.338 e. The van der Waals surface area contributed by atoms with Gasteiger partial charge in [0, 0.05) is 11.1 Å². The first-order chi connectivity index (χ1) is 18.7. The van der Waals surface area contributed by atoms with E-state index in [2.05, 4.69) is 32.8 Å². The topological polar surface area (TPSA) is 135 Å². The summed E-state index contributed by atoms with van der Waals surface area (Å²) in [5, 5.41) is 35.2. The number of esters is 1. The van der Waals surface area contributed by atoms with Crippen LogP contribution in [0.5, 0.6) is 0 Å². The Hall–Kier alpha value is -5.61. The average molecular weight is 515 g/mol. The van der Waals surface area contributed by atoms with Crippen LogP contribution in [0.2, 0.25) is 0 Å².